The van der Waals surface area contributed by atoms with E-state index in [1.165, 1.54) is 11.3 Å². The molecule has 1 heterocycles. The second-order valence-corrected chi connectivity index (χ2v) is 8.53. The molecule has 0 aliphatic carbocycles. The molecule has 4 rings (SSSR count). The van der Waals surface area contributed by atoms with Crippen LogP contribution in [0, 0.1) is 6.92 Å². The van der Waals surface area contributed by atoms with Crippen LogP contribution < -0.4 is 5.32 Å². The molecule has 1 N–H and O–H groups in total. The van der Waals surface area contributed by atoms with Crippen LogP contribution in [0.5, 0.6) is 0 Å². The predicted molar refractivity (Wildman–Crippen MR) is 125 cm³/mol. The Kier molecular flexibility index (Phi) is 6.23. The van der Waals surface area contributed by atoms with Crippen LogP contribution in [0.2, 0.25) is 10.0 Å². The molecule has 0 saturated carbocycles. The van der Waals surface area contributed by atoms with E-state index in [-0.39, 0.29) is 0 Å². The molecule has 8 heteroatoms. The fourth-order valence-corrected chi connectivity index (χ4v) is 4.46. The number of thiazole rings is 1. The number of ether oxygens (including phenoxy) is 1. The molecule has 1 aromatic heterocycles. The first-order chi connectivity index (χ1) is 14.9. The summed E-state index contributed by atoms with van der Waals surface area (Å²) in [5.41, 5.74) is 2.90. The first-order valence-electron chi connectivity index (χ1n) is 9.30. The van der Waals surface area contributed by atoms with Crippen LogP contribution in [-0.4, -0.2) is 23.5 Å². The van der Waals surface area contributed by atoms with Crippen LogP contribution in [0.25, 0.3) is 20.8 Å². The Morgan fingerprint density at radius 2 is 1.77 bits per heavy atom. The normalized spacial score (nSPS) is 10.8. The highest BCUT2D eigenvalue weighted by Crippen LogP contribution is 2.33. The van der Waals surface area contributed by atoms with Crippen molar-refractivity contribution in [2.45, 2.75) is 6.92 Å². The van der Waals surface area contributed by atoms with Crippen molar-refractivity contribution < 1.29 is 14.3 Å². The highest BCUT2D eigenvalue weighted by atomic mass is 35.5. The zero-order valence-corrected chi connectivity index (χ0v) is 18.6. The molecule has 4 aromatic rings. The zero-order valence-electron chi connectivity index (χ0n) is 16.3. The molecule has 0 aliphatic heterocycles. The van der Waals surface area contributed by atoms with E-state index in [9.17, 15) is 9.59 Å². The minimum Gasteiger partial charge on any atom is -0.452 e. The minimum absolute atomic E-state index is 0.291. The number of hydrogen-bond donors (Lipinski definition) is 1. The molecule has 0 spiro atoms. The van der Waals surface area contributed by atoms with Gasteiger partial charge in [0.2, 0.25) is 0 Å². The predicted octanol–water partition coefficient (Wildman–Crippen LogP) is 6.37. The average molecular weight is 471 g/mol. The van der Waals surface area contributed by atoms with E-state index < -0.39 is 18.5 Å². The first-order valence-corrected chi connectivity index (χ1v) is 10.9. The van der Waals surface area contributed by atoms with E-state index >= 15 is 0 Å². The SMILES string of the molecule is Cc1ccc(Cl)c(NC(=O)COC(=O)c2ccccc2-c2nc3ccccc3s2)c1Cl. The van der Waals surface area contributed by atoms with Crippen LogP contribution in [0.3, 0.4) is 0 Å². The van der Waals surface area contributed by atoms with Crippen molar-refractivity contribution >= 4 is 62.3 Å². The number of fused-ring (bicyclic) bond motifs is 1. The molecular weight excluding hydrogens is 455 g/mol. The van der Waals surface area contributed by atoms with Gasteiger partial charge in [0.25, 0.3) is 5.91 Å². The Labute approximate surface area is 192 Å². The molecule has 0 aliphatic rings. The largest absolute Gasteiger partial charge is 0.452 e. The number of para-hydroxylation sites is 1. The van der Waals surface area contributed by atoms with Gasteiger partial charge in [-0.25, -0.2) is 9.78 Å². The summed E-state index contributed by atoms with van der Waals surface area (Å²) < 4.78 is 6.27. The monoisotopic (exact) mass is 470 g/mol. The molecule has 0 saturated heterocycles. The lowest BCUT2D eigenvalue weighted by Crippen LogP contribution is -2.21. The highest BCUT2D eigenvalue weighted by molar-refractivity contribution is 7.21. The number of nitrogens with one attached hydrogen (secondary N) is 1. The van der Waals surface area contributed by atoms with Gasteiger partial charge in [0.15, 0.2) is 6.61 Å². The Bertz CT molecular complexity index is 1270. The van der Waals surface area contributed by atoms with E-state index in [1.807, 2.05) is 30.3 Å². The highest BCUT2D eigenvalue weighted by Gasteiger charge is 2.19. The van der Waals surface area contributed by atoms with Gasteiger partial charge in [-0.2, -0.15) is 0 Å². The van der Waals surface area contributed by atoms with E-state index in [4.69, 9.17) is 27.9 Å². The molecule has 3 aromatic carbocycles. The summed E-state index contributed by atoms with van der Waals surface area (Å²) in [7, 11) is 0. The lowest BCUT2D eigenvalue weighted by Gasteiger charge is -2.12. The van der Waals surface area contributed by atoms with Crippen LogP contribution in [0.4, 0.5) is 5.69 Å². The molecule has 1 amide bonds. The number of rotatable bonds is 5. The van der Waals surface area contributed by atoms with Gasteiger partial charge in [-0.1, -0.05) is 59.6 Å². The van der Waals surface area contributed by atoms with Gasteiger partial charge in [0, 0.05) is 5.56 Å². The third-order valence-corrected chi connectivity index (χ3v) is 6.43. The van der Waals surface area contributed by atoms with Gasteiger partial charge in [-0.05, 0) is 36.8 Å². The minimum atomic E-state index is -0.619. The number of hydrogen-bond acceptors (Lipinski definition) is 5. The summed E-state index contributed by atoms with van der Waals surface area (Å²) in [5.74, 6) is -1.16. The van der Waals surface area contributed by atoms with Crippen molar-refractivity contribution in [3.63, 3.8) is 0 Å². The summed E-state index contributed by atoms with van der Waals surface area (Å²) in [6.07, 6.45) is 0. The molecule has 0 atom stereocenters. The second-order valence-electron chi connectivity index (χ2n) is 6.71. The van der Waals surface area contributed by atoms with Gasteiger partial charge in [0.05, 0.1) is 31.5 Å². The van der Waals surface area contributed by atoms with Gasteiger partial charge in [0.1, 0.15) is 5.01 Å². The Hall–Kier alpha value is -2.93. The van der Waals surface area contributed by atoms with Crippen LogP contribution in [0.1, 0.15) is 15.9 Å². The van der Waals surface area contributed by atoms with E-state index in [0.717, 1.165) is 15.8 Å². The quantitative estimate of drug-likeness (QED) is 0.343. The molecular formula is C23H16Cl2N2O3S. The van der Waals surface area contributed by atoms with E-state index in [0.29, 0.717) is 31.9 Å². The standard InChI is InChI=1S/C23H16Cl2N2O3S/c1-13-10-11-16(24)21(20(13)25)27-19(28)12-30-23(29)15-7-3-2-6-14(15)22-26-17-8-4-5-9-18(17)31-22/h2-11H,12H2,1H3,(H,27,28). The maximum atomic E-state index is 12.7. The number of halogens is 2. The fourth-order valence-electron chi connectivity index (χ4n) is 2.99. The topological polar surface area (TPSA) is 68.3 Å². The van der Waals surface area contributed by atoms with Gasteiger partial charge in [-0.15, -0.1) is 11.3 Å². The third-order valence-electron chi connectivity index (χ3n) is 4.55. The summed E-state index contributed by atoms with van der Waals surface area (Å²) in [6, 6.07) is 18.2. The molecule has 0 unspecified atom stereocenters. The Morgan fingerprint density at radius 3 is 2.58 bits per heavy atom. The van der Waals surface area contributed by atoms with Gasteiger partial charge >= 0.3 is 5.97 Å². The number of aromatic nitrogens is 1. The Balaban J connectivity index is 1.50. The molecule has 0 bridgehead atoms. The van der Waals surface area contributed by atoms with Crippen molar-refractivity contribution in [1.29, 1.82) is 0 Å². The van der Waals surface area contributed by atoms with E-state index in [1.54, 1.807) is 37.3 Å². The maximum Gasteiger partial charge on any atom is 0.339 e. The zero-order chi connectivity index (χ0) is 22.0. The summed E-state index contributed by atoms with van der Waals surface area (Å²) in [6.45, 7) is 1.32. The number of amides is 1. The third kappa shape index (κ3) is 4.56. The van der Waals surface area contributed by atoms with Crippen molar-refractivity contribution in [1.82, 2.24) is 4.98 Å². The summed E-state index contributed by atoms with van der Waals surface area (Å²) >= 11 is 13.8. The lowest BCUT2D eigenvalue weighted by molar-refractivity contribution is -0.119. The van der Waals surface area contributed by atoms with Crippen LogP contribution >= 0.6 is 34.5 Å². The number of carbonyl (C=O) groups excluding carboxylic acids is 2. The van der Waals surface area contributed by atoms with Gasteiger partial charge in [-0.3, -0.25) is 4.79 Å². The number of anilines is 1. The van der Waals surface area contributed by atoms with Crippen LogP contribution in [0.15, 0.2) is 60.7 Å². The number of nitrogens with zero attached hydrogens (tertiary/aromatic N) is 1. The lowest BCUT2D eigenvalue weighted by atomic mass is 10.1. The summed E-state index contributed by atoms with van der Waals surface area (Å²) in [5, 5.41) is 3.95. The van der Waals surface area contributed by atoms with Crippen molar-refractivity contribution in [2.75, 3.05) is 11.9 Å². The maximum absolute atomic E-state index is 12.7. The van der Waals surface area contributed by atoms with Crippen molar-refractivity contribution in [3.05, 3.63) is 81.8 Å². The van der Waals surface area contributed by atoms with Gasteiger partial charge < -0.3 is 10.1 Å². The smallest absolute Gasteiger partial charge is 0.339 e. The first kappa shape index (κ1) is 21.3. The molecule has 0 fully saturated rings. The Morgan fingerprint density at radius 1 is 1.03 bits per heavy atom. The molecule has 31 heavy (non-hydrogen) atoms. The van der Waals surface area contributed by atoms with Crippen molar-refractivity contribution in [3.8, 4) is 10.6 Å². The summed E-state index contributed by atoms with van der Waals surface area (Å²) in [4.78, 5) is 29.6. The molecule has 5 nitrogen and oxygen atoms in total. The average Bonchev–Trinajstić information content (AvgIpc) is 3.22. The number of carbonyl (C=O) groups is 2. The van der Waals surface area contributed by atoms with E-state index in [2.05, 4.69) is 10.3 Å². The number of esters is 1. The number of benzene rings is 3. The fraction of sp³-hybridized carbons (Fsp3) is 0.0870. The molecule has 156 valence electrons. The molecule has 0 radical (unpaired) electrons. The van der Waals surface area contributed by atoms with Crippen LogP contribution in [-0.2, 0) is 9.53 Å². The second kappa shape index (κ2) is 9.06. The van der Waals surface area contributed by atoms with Crippen molar-refractivity contribution in [2.24, 2.45) is 0 Å². The number of aryl methyl sites for hydroxylation is 1.